The molecule has 0 saturated heterocycles. The van der Waals surface area contributed by atoms with Crippen molar-refractivity contribution < 1.29 is 0 Å². The van der Waals surface area contributed by atoms with Crippen LogP contribution in [0.4, 0.5) is 0 Å². The normalized spacial score (nSPS) is 23.6. The Morgan fingerprint density at radius 2 is 1.68 bits per heavy atom. The standard InChI is InChI=1S/C18H29N/c1-5-16-8-6-7-9-18(16)19-12-17-14(3)10-13(2)11-15(17)4/h10-11,16,18-19H,5-9,12H2,1-4H3. The number of benzene rings is 1. The van der Waals surface area contributed by atoms with E-state index in [-0.39, 0.29) is 0 Å². The lowest BCUT2D eigenvalue weighted by Gasteiger charge is -2.32. The molecule has 2 unspecified atom stereocenters. The summed E-state index contributed by atoms with van der Waals surface area (Å²) in [6.07, 6.45) is 6.94. The van der Waals surface area contributed by atoms with Gasteiger partial charge in [-0.15, -0.1) is 0 Å². The fourth-order valence-corrected chi connectivity index (χ4v) is 3.69. The largest absolute Gasteiger partial charge is 0.310 e. The van der Waals surface area contributed by atoms with E-state index in [9.17, 15) is 0 Å². The summed E-state index contributed by atoms with van der Waals surface area (Å²) in [5.41, 5.74) is 5.76. The van der Waals surface area contributed by atoms with Crippen LogP contribution in [0, 0.1) is 26.7 Å². The third-order valence-corrected chi connectivity index (χ3v) is 4.81. The Kier molecular flexibility index (Phi) is 5.04. The molecule has 0 aliphatic heterocycles. The molecular formula is C18H29N. The van der Waals surface area contributed by atoms with E-state index in [1.807, 2.05) is 0 Å². The lowest BCUT2D eigenvalue weighted by atomic mass is 9.82. The molecule has 0 bridgehead atoms. The summed E-state index contributed by atoms with van der Waals surface area (Å²) in [7, 11) is 0. The van der Waals surface area contributed by atoms with E-state index in [0.29, 0.717) is 0 Å². The zero-order valence-corrected chi connectivity index (χ0v) is 13.1. The Hall–Kier alpha value is -0.820. The number of hydrogen-bond donors (Lipinski definition) is 1. The predicted octanol–water partition coefficient (Wildman–Crippen LogP) is 4.67. The van der Waals surface area contributed by atoms with Crippen LogP contribution >= 0.6 is 0 Å². The average Bonchev–Trinajstić information content (AvgIpc) is 2.38. The number of rotatable bonds is 4. The van der Waals surface area contributed by atoms with E-state index < -0.39 is 0 Å². The third-order valence-electron chi connectivity index (χ3n) is 4.81. The summed E-state index contributed by atoms with van der Waals surface area (Å²) in [6, 6.07) is 5.35. The molecule has 1 aromatic carbocycles. The Morgan fingerprint density at radius 1 is 1.05 bits per heavy atom. The van der Waals surface area contributed by atoms with Gasteiger partial charge in [-0.05, 0) is 56.2 Å². The van der Waals surface area contributed by atoms with Gasteiger partial charge in [-0.1, -0.05) is 43.9 Å². The van der Waals surface area contributed by atoms with Crippen LogP contribution in [0.3, 0.4) is 0 Å². The van der Waals surface area contributed by atoms with Gasteiger partial charge in [-0.2, -0.15) is 0 Å². The predicted molar refractivity (Wildman–Crippen MR) is 83.5 cm³/mol. The first-order chi connectivity index (χ1) is 9.11. The first-order valence-corrected chi connectivity index (χ1v) is 7.92. The highest BCUT2D eigenvalue weighted by Gasteiger charge is 2.23. The number of nitrogens with one attached hydrogen (secondary N) is 1. The topological polar surface area (TPSA) is 12.0 Å². The second-order valence-corrected chi connectivity index (χ2v) is 6.32. The van der Waals surface area contributed by atoms with E-state index in [1.165, 1.54) is 54.4 Å². The van der Waals surface area contributed by atoms with Gasteiger partial charge in [-0.3, -0.25) is 0 Å². The van der Waals surface area contributed by atoms with E-state index >= 15 is 0 Å². The molecule has 2 rings (SSSR count). The van der Waals surface area contributed by atoms with Crippen LogP contribution in [0.5, 0.6) is 0 Å². The van der Waals surface area contributed by atoms with Gasteiger partial charge in [0, 0.05) is 12.6 Å². The van der Waals surface area contributed by atoms with E-state index in [2.05, 4.69) is 45.1 Å². The summed E-state index contributed by atoms with van der Waals surface area (Å²) in [4.78, 5) is 0. The summed E-state index contributed by atoms with van der Waals surface area (Å²) < 4.78 is 0. The molecular weight excluding hydrogens is 230 g/mol. The van der Waals surface area contributed by atoms with Gasteiger partial charge in [0.2, 0.25) is 0 Å². The Morgan fingerprint density at radius 3 is 2.32 bits per heavy atom. The molecule has 1 heteroatoms. The van der Waals surface area contributed by atoms with Crippen LogP contribution in [0.1, 0.15) is 61.3 Å². The molecule has 1 N–H and O–H groups in total. The Bertz CT molecular complexity index is 399. The lowest BCUT2D eigenvalue weighted by Crippen LogP contribution is -2.38. The van der Waals surface area contributed by atoms with Crippen molar-refractivity contribution in [1.29, 1.82) is 0 Å². The maximum absolute atomic E-state index is 3.84. The first kappa shape index (κ1) is 14.6. The zero-order chi connectivity index (χ0) is 13.8. The molecule has 19 heavy (non-hydrogen) atoms. The number of hydrogen-bond acceptors (Lipinski definition) is 1. The first-order valence-electron chi connectivity index (χ1n) is 7.92. The monoisotopic (exact) mass is 259 g/mol. The molecule has 0 amide bonds. The molecule has 0 radical (unpaired) electrons. The molecule has 1 aliphatic rings. The summed E-state index contributed by atoms with van der Waals surface area (Å²) in [5, 5.41) is 3.84. The van der Waals surface area contributed by atoms with Gasteiger partial charge < -0.3 is 5.32 Å². The maximum Gasteiger partial charge on any atom is 0.0213 e. The minimum Gasteiger partial charge on any atom is -0.310 e. The Balaban J connectivity index is 2.02. The van der Waals surface area contributed by atoms with Crippen LogP contribution in [-0.4, -0.2) is 6.04 Å². The van der Waals surface area contributed by atoms with E-state index in [0.717, 1.165) is 18.5 Å². The number of aryl methyl sites for hydroxylation is 3. The van der Waals surface area contributed by atoms with Crippen LogP contribution in [0.15, 0.2) is 12.1 Å². The molecule has 1 aromatic rings. The summed E-state index contributed by atoms with van der Waals surface area (Å²) in [6.45, 7) is 10.1. The molecule has 1 fully saturated rings. The molecule has 2 atom stereocenters. The van der Waals surface area contributed by atoms with Crippen molar-refractivity contribution in [3.8, 4) is 0 Å². The van der Waals surface area contributed by atoms with Crippen molar-refractivity contribution in [2.75, 3.05) is 0 Å². The molecule has 106 valence electrons. The quantitative estimate of drug-likeness (QED) is 0.828. The molecule has 0 spiro atoms. The van der Waals surface area contributed by atoms with Gasteiger partial charge in [0.15, 0.2) is 0 Å². The van der Waals surface area contributed by atoms with Crippen molar-refractivity contribution in [2.24, 2.45) is 5.92 Å². The van der Waals surface area contributed by atoms with Gasteiger partial charge in [0.05, 0.1) is 0 Å². The van der Waals surface area contributed by atoms with Gasteiger partial charge in [-0.25, -0.2) is 0 Å². The summed E-state index contributed by atoms with van der Waals surface area (Å²) >= 11 is 0. The molecule has 1 nitrogen and oxygen atoms in total. The third kappa shape index (κ3) is 3.60. The van der Waals surface area contributed by atoms with Crippen molar-refractivity contribution in [3.05, 3.63) is 34.4 Å². The maximum atomic E-state index is 3.84. The van der Waals surface area contributed by atoms with E-state index in [4.69, 9.17) is 0 Å². The minimum atomic E-state index is 0.735. The molecule has 1 aliphatic carbocycles. The second-order valence-electron chi connectivity index (χ2n) is 6.32. The fourth-order valence-electron chi connectivity index (χ4n) is 3.69. The molecule has 1 saturated carbocycles. The van der Waals surface area contributed by atoms with Crippen molar-refractivity contribution >= 4 is 0 Å². The average molecular weight is 259 g/mol. The lowest BCUT2D eigenvalue weighted by molar-refractivity contribution is 0.254. The Labute approximate surface area is 118 Å². The van der Waals surface area contributed by atoms with Crippen molar-refractivity contribution in [3.63, 3.8) is 0 Å². The van der Waals surface area contributed by atoms with Crippen LogP contribution in [0.2, 0.25) is 0 Å². The fraction of sp³-hybridized carbons (Fsp3) is 0.667. The second kappa shape index (κ2) is 6.56. The highest BCUT2D eigenvalue weighted by Crippen LogP contribution is 2.27. The van der Waals surface area contributed by atoms with E-state index in [1.54, 1.807) is 0 Å². The van der Waals surface area contributed by atoms with Crippen LogP contribution in [0.25, 0.3) is 0 Å². The highest BCUT2D eigenvalue weighted by atomic mass is 14.9. The van der Waals surface area contributed by atoms with Crippen molar-refractivity contribution in [2.45, 2.75) is 72.4 Å². The van der Waals surface area contributed by atoms with Crippen LogP contribution in [-0.2, 0) is 6.54 Å². The zero-order valence-electron chi connectivity index (χ0n) is 13.1. The molecule has 0 heterocycles. The summed E-state index contributed by atoms with van der Waals surface area (Å²) in [5.74, 6) is 0.889. The SMILES string of the molecule is CCC1CCCCC1NCc1c(C)cc(C)cc1C. The van der Waals surface area contributed by atoms with Gasteiger partial charge in [0.25, 0.3) is 0 Å². The molecule has 0 aromatic heterocycles. The van der Waals surface area contributed by atoms with Crippen molar-refractivity contribution in [1.82, 2.24) is 5.32 Å². The highest BCUT2D eigenvalue weighted by molar-refractivity contribution is 5.37. The van der Waals surface area contributed by atoms with Crippen LogP contribution < -0.4 is 5.32 Å². The smallest absolute Gasteiger partial charge is 0.0213 e. The van der Waals surface area contributed by atoms with Gasteiger partial charge in [0.1, 0.15) is 0 Å². The van der Waals surface area contributed by atoms with Gasteiger partial charge >= 0.3 is 0 Å². The minimum absolute atomic E-state index is 0.735.